The van der Waals surface area contributed by atoms with E-state index >= 15 is 0 Å². The zero-order valence-corrected chi connectivity index (χ0v) is 20.2. The summed E-state index contributed by atoms with van der Waals surface area (Å²) in [6.45, 7) is 6.35. The van der Waals surface area contributed by atoms with Gasteiger partial charge in [0.25, 0.3) is 0 Å². The zero-order chi connectivity index (χ0) is 23.2. The van der Waals surface area contributed by atoms with Crippen LogP contribution in [-0.4, -0.2) is 59.0 Å². The molecule has 1 amide bonds. The number of unbranched alkanes of at least 4 members (excludes halogenated alkanes) is 1. The largest absolute Gasteiger partial charge is 0.497 e. The molecule has 176 valence electrons. The third-order valence-electron chi connectivity index (χ3n) is 6.68. The van der Waals surface area contributed by atoms with Crippen molar-refractivity contribution in [2.24, 2.45) is 5.92 Å². The molecule has 1 aromatic heterocycles. The van der Waals surface area contributed by atoms with Crippen molar-refractivity contribution in [3.8, 4) is 5.75 Å². The van der Waals surface area contributed by atoms with E-state index in [0.717, 1.165) is 81.0 Å². The van der Waals surface area contributed by atoms with E-state index in [0.29, 0.717) is 5.91 Å². The number of benzene rings is 2. The number of nitrogens with zero attached hydrogens (tertiary/aromatic N) is 4. The van der Waals surface area contributed by atoms with Gasteiger partial charge in [-0.05, 0) is 55.6 Å². The molecule has 1 aliphatic rings. The van der Waals surface area contributed by atoms with Crippen LogP contribution in [0.3, 0.4) is 0 Å². The second-order valence-electron chi connectivity index (χ2n) is 9.14. The van der Waals surface area contributed by atoms with Gasteiger partial charge in [0.1, 0.15) is 11.6 Å². The first-order valence-electron chi connectivity index (χ1n) is 12.1. The van der Waals surface area contributed by atoms with Crippen LogP contribution >= 0.6 is 0 Å². The molecule has 0 aliphatic carbocycles. The molecule has 0 radical (unpaired) electrons. The Morgan fingerprint density at radius 2 is 1.94 bits per heavy atom. The summed E-state index contributed by atoms with van der Waals surface area (Å²) in [4.78, 5) is 22.3. The van der Waals surface area contributed by atoms with Crippen LogP contribution in [-0.2, 0) is 17.9 Å². The molecule has 0 bridgehead atoms. The van der Waals surface area contributed by atoms with E-state index in [1.807, 2.05) is 30.1 Å². The average Bonchev–Trinajstić information content (AvgIpc) is 3.19. The van der Waals surface area contributed by atoms with E-state index in [1.54, 1.807) is 7.11 Å². The molecular formula is C27H36N4O2. The van der Waals surface area contributed by atoms with Gasteiger partial charge < -0.3 is 14.2 Å². The van der Waals surface area contributed by atoms with E-state index in [-0.39, 0.29) is 5.92 Å². The van der Waals surface area contributed by atoms with Gasteiger partial charge in [-0.3, -0.25) is 9.69 Å². The van der Waals surface area contributed by atoms with Gasteiger partial charge in [0.2, 0.25) is 5.91 Å². The number of likely N-dealkylation sites (tertiary alicyclic amines) is 1. The number of piperidine rings is 1. The maximum Gasteiger partial charge on any atom is 0.226 e. The second-order valence-corrected chi connectivity index (χ2v) is 9.14. The zero-order valence-electron chi connectivity index (χ0n) is 20.2. The standard InChI is InChI=1S/C27H36N4O2/c1-4-5-16-29(2)27(32)22-9-8-17-30(19-22)20-26-28-24-10-6-7-11-25(24)31(26)18-21-12-14-23(33-3)15-13-21/h6-7,10-15,22H,4-5,8-9,16-20H2,1-3H3/t22-/m0/s1. The van der Waals surface area contributed by atoms with Crippen LogP contribution in [0, 0.1) is 5.92 Å². The normalized spacial score (nSPS) is 16.8. The van der Waals surface area contributed by atoms with Crippen molar-refractivity contribution in [1.82, 2.24) is 19.4 Å². The molecule has 4 rings (SSSR count). The van der Waals surface area contributed by atoms with Crippen LogP contribution in [0.15, 0.2) is 48.5 Å². The van der Waals surface area contributed by atoms with Crippen LogP contribution in [0.1, 0.15) is 44.0 Å². The maximum absolute atomic E-state index is 13.0. The average molecular weight is 449 g/mol. The Labute approximate surface area is 197 Å². The molecule has 3 aromatic rings. The molecule has 2 heterocycles. The molecule has 1 aliphatic heterocycles. The number of rotatable bonds is 9. The molecule has 0 saturated carbocycles. The van der Waals surface area contributed by atoms with Gasteiger partial charge in [-0.25, -0.2) is 4.98 Å². The summed E-state index contributed by atoms with van der Waals surface area (Å²) in [6.07, 6.45) is 4.21. The molecular weight excluding hydrogens is 412 g/mol. The molecule has 1 atom stereocenters. The Morgan fingerprint density at radius 1 is 1.15 bits per heavy atom. The molecule has 2 aromatic carbocycles. The summed E-state index contributed by atoms with van der Waals surface area (Å²) in [5, 5.41) is 0. The highest BCUT2D eigenvalue weighted by Gasteiger charge is 2.28. The highest BCUT2D eigenvalue weighted by atomic mass is 16.5. The SMILES string of the molecule is CCCCN(C)C(=O)[C@H]1CCCN(Cc2nc3ccccc3n2Cc2ccc(OC)cc2)C1. The lowest BCUT2D eigenvalue weighted by molar-refractivity contribution is -0.136. The number of methoxy groups -OCH3 is 1. The molecule has 0 N–H and O–H groups in total. The maximum atomic E-state index is 13.0. The highest BCUT2D eigenvalue weighted by molar-refractivity contribution is 5.79. The van der Waals surface area contributed by atoms with Crippen LogP contribution in [0.4, 0.5) is 0 Å². The van der Waals surface area contributed by atoms with Gasteiger partial charge in [-0.15, -0.1) is 0 Å². The summed E-state index contributed by atoms with van der Waals surface area (Å²) < 4.78 is 7.63. The molecule has 6 nitrogen and oxygen atoms in total. The molecule has 6 heteroatoms. The number of fused-ring (bicyclic) bond motifs is 1. The minimum absolute atomic E-state index is 0.0834. The monoisotopic (exact) mass is 448 g/mol. The summed E-state index contributed by atoms with van der Waals surface area (Å²) in [6, 6.07) is 16.6. The number of aromatic nitrogens is 2. The summed E-state index contributed by atoms with van der Waals surface area (Å²) in [5.41, 5.74) is 3.38. The number of carbonyl (C=O) groups is 1. The Morgan fingerprint density at radius 3 is 2.70 bits per heavy atom. The lowest BCUT2D eigenvalue weighted by Gasteiger charge is -2.33. The number of hydrogen-bond acceptors (Lipinski definition) is 4. The fourth-order valence-corrected chi connectivity index (χ4v) is 4.75. The number of ether oxygens (including phenoxy) is 1. The van der Waals surface area contributed by atoms with Crippen LogP contribution in [0.5, 0.6) is 5.75 Å². The van der Waals surface area contributed by atoms with Gasteiger partial charge in [0.15, 0.2) is 0 Å². The minimum Gasteiger partial charge on any atom is -0.497 e. The topological polar surface area (TPSA) is 50.6 Å². The highest BCUT2D eigenvalue weighted by Crippen LogP contribution is 2.24. The third kappa shape index (κ3) is 5.56. The van der Waals surface area contributed by atoms with Crippen molar-refractivity contribution in [2.45, 2.75) is 45.7 Å². The van der Waals surface area contributed by atoms with Crippen molar-refractivity contribution >= 4 is 16.9 Å². The Bertz CT molecular complexity index is 1060. The van der Waals surface area contributed by atoms with Crippen LogP contribution in [0.2, 0.25) is 0 Å². The fourth-order valence-electron chi connectivity index (χ4n) is 4.75. The second kappa shape index (κ2) is 10.8. The predicted octanol–water partition coefficient (Wildman–Crippen LogP) is 4.56. The number of carbonyl (C=O) groups excluding carboxylic acids is 1. The van der Waals surface area contributed by atoms with E-state index in [9.17, 15) is 4.79 Å². The van der Waals surface area contributed by atoms with Crippen LogP contribution < -0.4 is 4.74 Å². The lowest BCUT2D eigenvalue weighted by atomic mass is 9.96. The van der Waals surface area contributed by atoms with Gasteiger partial charge in [0, 0.05) is 26.7 Å². The molecule has 1 saturated heterocycles. The fraction of sp³-hybridized carbons (Fsp3) is 0.481. The first-order chi connectivity index (χ1) is 16.1. The van der Waals surface area contributed by atoms with Gasteiger partial charge >= 0.3 is 0 Å². The predicted molar refractivity (Wildman–Crippen MR) is 132 cm³/mol. The number of imidazole rings is 1. The summed E-state index contributed by atoms with van der Waals surface area (Å²) in [5.74, 6) is 2.29. The lowest BCUT2D eigenvalue weighted by Crippen LogP contribution is -2.43. The van der Waals surface area contributed by atoms with E-state index in [2.05, 4.69) is 46.7 Å². The molecule has 0 spiro atoms. The quantitative estimate of drug-likeness (QED) is 0.481. The minimum atomic E-state index is 0.0834. The summed E-state index contributed by atoms with van der Waals surface area (Å²) in [7, 11) is 3.64. The molecule has 33 heavy (non-hydrogen) atoms. The van der Waals surface area contributed by atoms with E-state index in [4.69, 9.17) is 9.72 Å². The molecule has 0 unspecified atom stereocenters. The van der Waals surface area contributed by atoms with Crippen LogP contribution in [0.25, 0.3) is 11.0 Å². The molecule has 1 fully saturated rings. The van der Waals surface area contributed by atoms with Crippen molar-refractivity contribution in [3.05, 3.63) is 59.9 Å². The first kappa shape index (κ1) is 23.3. The van der Waals surface area contributed by atoms with Crippen molar-refractivity contribution in [3.63, 3.8) is 0 Å². The van der Waals surface area contributed by atoms with Crippen molar-refractivity contribution in [2.75, 3.05) is 33.8 Å². The Balaban J connectivity index is 1.51. The van der Waals surface area contributed by atoms with E-state index < -0.39 is 0 Å². The number of amides is 1. The van der Waals surface area contributed by atoms with E-state index in [1.165, 1.54) is 5.56 Å². The van der Waals surface area contributed by atoms with Gasteiger partial charge in [0.05, 0.1) is 30.6 Å². The van der Waals surface area contributed by atoms with Crippen molar-refractivity contribution in [1.29, 1.82) is 0 Å². The smallest absolute Gasteiger partial charge is 0.226 e. The number of hydrogen-bond donors (Lipinski definition) is 0. The number of para-hydroxylation sites is 2. The van der Waals surface area contributed by atoms with Gasteiger partial charge in [-0.1, -0.05) is 37.6 Å². The Kier molecular flexibility index (Phi) is 7.65. The van der Waals surface area contributed by atoms with Crippen molar-refractivity contribution < 1.29 is 9.53 Å². The Hall–Kier alpha value is -2.86. The first-order valence-corrected chi connectivity index (χ1v) is 12.1. The third-order valence-corrected chi connectivity index (χ3v) is 6.68. The summed E-state index contributed by atoms with van der Waals surface area (Å²) >= 11 is 0. The van der Waals surface area contributed by atoms with Gasteiger partial charge in [-0.2, -0.15) is 0 Å².